The van der Waals surface area contributed by atoms with Crippen LogP contribution in [0.2, 0.25) is 0 Å². The first-order chi connectivity index (χ1) is 6.20. The number of hydrogen-bond acceptors (Lipinski definition) is 1. The maximum atomic E-state index is 6.08. The number of allylic oxidation sites excluding steroid dienone is 2. The molecule has 0 radical (unpaired) electrons. The molecule has 0 bridgehead atoms. The second-order valence-electron chi connectivity index (χ2n) is 3.43. The van der Waals surface area contributed by atoms with Crippen LogP contribution < -0.4 is 5.73 Å². The van der Waals surface area contributed by atoms with Crippen LogP contribution in [0.4, 0.5) is 0 Å². The summed E-state index contributed by atoms with van der Waals surface area (Å²) in [5, 5.41) is 0. The first-order valence-electron chi connectivity index (χ1n) is 4.49. The Morgan fingerprint density at radius 1 is 1.38 bits per heavy atom. The van der Waals surface area contributed by atoms with Crippen LogP contribution in [0, 0.1) is 0 Å². The fraction of sp³-hybridized carbons (Fsp3) is 0.600. The van der Waals surface area contributed by atoms with E-state index in [9.17, 15) is 0 Å². The second-order valence-corrected chi connectivity index (χ2v) is 4.18. The molecule has 1 rings (SSSR count). The van der Waals surface area contributed by atoms with Gasteiger partial charge < -0.3 is 5.73 Å². The summed E-state index contributed by atoms with van der Waals surface area (Å²) < 4.78 is 0. The van der Waals surface area contributed by atoms with Crippen molar-refractivity contribution >= 4 is 23.2 Å². The maximum absolute atomic E-state index is 6.08. The van der Waals surface area contributed by atoms with E-state index in [1.54, 1.807) is 0 Å². The number of hydrogen-bond donors (Lipinski definition) is 1. The van der Waals surface area contributed by atoms with Crippen molar-refractivity contribution in [3.05, 3.63) is 23.8 Å². The third-order valence-electron chi connectivity index (χ3n) is 2.32. The molecule has 74 valence electrons. The lowest BCUT2D eigenvalue weighted by Gasteiger charge is -2.26. The van der Waals surface area contributed by atoms with Crippen LogP contribution in [0.25, 0.3) is 0 Å². The molecule has 3 heteroatoms. The molecule has 13 heavy (non-hydrogen) atoms. The van der Waals surface area contributed by atoms with Gasteiger partial charge >= 0.3 is 0 Å². The summed E-state index contributed by atoms with van der Waals surface area (Å²) in [7, 11) is 0. The molecule has 2 N–H and O–H groups in total. The number of alkyl halides is 2. The van der Waals surface area contributed by atoms with E-state index in [1.165, 1.54) is 5.57 Å². The van der Waals surface area contributed by atoms with Gasteiger partial charge in [-0.25, -0.2) is 0 Å². The number of rotatable bonds is 4. The van der Waals surface area contributed by atoms with Crippen molar-refractivity contribution in [2.75, 3.05) is 11.8 Å². The van der Waals surface area contributed by atoms with E-state index in [1.807, 2.05) is 0 Å². The first-order valence-corrected chi connectivity index (χ1v) is 5.56. The molecule has 0 aromatic heterocycles. The Labute approximate surface area is 89.6 Å². The molecule has 1 unspecified atom stereocenters. The molecule has 0 spiro atoms. The Kier molecular flexibility index (Phi) is 4.30. The second kappa shape index (κ2) is 5.04. The van der Waals surface area contributed by atoms with Crippen LogP contribution in [0.5, 0.6) is 0 Å². The fourth-order valence-corrected chi connectivity index (χ4v) is 1.96. The highest BCUT2D eigenvalue weighted by atomic mass is 35.5. The molecular weight excluding hydrogens is 205 g/mol. The molecule has 1 aliphatic carbocycles. The molecule has 0 saturated carbocycles. The third kappa shape index (κ3) is 3.34. The minimum absolute atomic E-state index is 0.225. The van der Waals surface area contributed by atoms with Crippen LogP contribution in [-0.4, -0.2) is 17.3 Å². The Morgan fingerprint density at radius 2 is 2.15 bits per heavy atom. The molecule has 0 fully saturated rings. The topological polar surface area (TPSA) is 26.0 Å². The standard InChI is InChI=1S/C10H15Cl2N/c11-7-3-9-1-4-10(13,5-2-9)6-8-12/h1-2,4H,3,5-8,13H2. The van der Waals surface area contributed by atoms with Crippen molar-refractivity contribution in [3.8, 4) is 0 Å². The summed E-state index contributed by atoms with van der Waals surface area (Å²) in [6.07, 6.45) is 8.91. The summed E-state index contributed by atoms with van der Waals surface area (Å²) in [4.78, 5) is 0. The van der Waals surface area contributed by atoms with Crippen molar-refractivity contribution in [1.29, 1.82) is 0 Å². The van der Waals surface area contributed by atoms with E-state index in [-0.39, 0.29) is 5.54 Å². The normalized spacial score (nSPS) is 27.5. The van der Waals surface area contributed by atoms with Gasteiger partial charge in [0, 0.05) is 17.3 Å². The van der Waals surface area contributed by atoms with Crippen molar-refractivity contribution < 1.29 is 0 Å². The largest absolute Gasteiger partial charge is 0.322 e. The molecule has 1 aliphatic rings. The Hall–Kier alpha value is 0.0200. The third-order valence-corrected chi connectivity index (χ3v) is 2.69. The first kappa shape index (κ1) is 11.1. The molecule has 0 aromatic rings. The van der Waals surface area contributed by atoms with Crippen molar-refractivity contribution in [2.45, 2.75) is 24.8 Å². The summed E-state index contributed by atoms with van der Waals surface area (Å²) >= 11 is 11.3. The quantitative estimate of drug-likeness (QED) is 0.724. The van der Waals surface area contributed by atoms with E-state index in [2.05, 4.69) is 18.2 Å². The van der Waals surface area contributed by atoms with Gasteiger partial charge in [-0.1, -0.05) is 23.8 Å². The average molecular weight is 220 g/mol. The molecule has 1 atom stereocenters. The fourth-order valence-electron chi connectivity index (χ4n) is 1.39. The van der Waals surface area contributed by atoms with Gasteiger partial charge in [0.05, 0.1) is 0 Å². The zero-order valence-electron chi connectivity index (χ0n) is 7.60. The minimum Gasteiger partial charge on any atom is -0.322 e. The van der Waals surface area contributed by atoms with Gasteiger partial charge in [-0.3, -0.25) is 0 Å². The Balaban J connectivity index is 2.51. The van der Waals surface area contributed by atoms with Crippen molar-refractivity contribution in [2.24, 2.45) is 5.73 Å². The van der Waals surface area contributed by atoms with Crippen LogP contribution in [-0.2, 0) is 0 Å². The lowest BCUT2D eigenvalue weighted by atomic mass is 9.87. The summed E-state index contributed by atoms with van der Waals surface area (Å²) in [6.45, 7) is 0. The van der Waals surface area contributed by atoms with Crippen LogP contribution >= 0.6 is 23.2 Å². The number of halogens is 2. The molecule has 0 heterocycles. The molecule has 1 nitrogen and oxygen atoms in total. The molecule has 0 saturated heterocycles. The highest BCUT2D eigenvalue weighted by molar-refractivity contribution is 6.18. The molecular formula is C10H15Cl2N. The van der Waals surface area contributed by atoms with Crippen LogP contribution in [0.1, 0.15) is 19.3 Å². The molecule has 0 aromatic carbocycles. The lowest BCUT2D eigenvalue weighted by molar-refractivity contribution is 0.513. The molecule has 0 aliphatic heterocycles. The van der Waals surface area contributed by atoms with E-state index in [0.717, 1.165) is 19.3 Å². The van der Waals surface area contributed by atoms with Gasteiger partial charge in [-0.2, -0.15) is 0 Å². The molecule has 0 amide bonds. The average Bonchev–Trinajstić information content (AvgIpc) is 2.10. The van der Waals surface area contributed by atoms with E-state index in [4.69, 9.17) is 28.9 Å². The summed E-state index contributed by atoms with van der Waals surface area (Å²) in [6, 6.07) is 0. The maximum Gasteiger partial charge on any atom is 0.0388 e. The predicted molar refractivity (Wildman–Crippen MR) is 59.4 cm³/mol. The van der Waals surface area contributed by atoms with E-state index >= 15 is 0 Å². The van der Waals surface area contributed by atoms with Crippen LogP contribution in [0.3, 0.4) is 0 Å². The summed E-state index contributed by atoms with van der Waals surface area (Å²) in [5.41, 5.74) is 7.14. The Morgan fingerprint density at radius 3 is 2.62 bits per heavy atom. The Bertz CT molecular complexity index is 223. The van der Waals surface area contributed by atoms with Gasteiger partial charge in [0.25, 0.3) is 0 Å². The van der Waals surface area contributed by atoms with Gasteiger partial charge in [0.15, 0.2) is 0 Å². The minimum atomic E-state index is -0.225. The lowest BCUT2D eigenvalue weighted by Crippen LogP contribution is -2.38. The zero-order valence-corrected chi connectivity index (χ0v) is 9.11. The van der Waals surface area contributed by atoms with Crippen molar-refractivity contribution in [3.63, 3.8) is 0 Å². The predicted octanol–water partition coefficient (Wildman–Crippen LogP) is 2.83. The highest BCUT2D eigenvalue weighted by Crippen LogP contribution is 2.23. The monoisotopic (exact) mass is 219 g/mol. The summed E-state index contributed by atoms with van der Waals surface area (Å²) in [5.74, 6) is 1.28. The van der Waals surface area contributed by atoms with E-state index in [0.29, 0.717) is 11.8 Å². The van der Waals surface area contributed by atoms with Gasteiger partial charge in [0.1, 0.15) is 0 Å². The van der Waals surface area contributed by atoms with Crippen molar-refractivity contribution in [1.82, 2.24) is 0 Å². The smallest absolute Gasteiger partial charge is 0.0388 e. The van der Waals surface area contributed by atoms with E-state index < -0.39 is 0 Å². The van der Waals surface area contributed by atoms with Crippen LogP contribution in [0.15, 0.2) is 23.8 Å². The zero-order chi connectivity index (χ0) is 9.73. The SMILES string of the molecule is NC1(CCCl)C=CC(CCCl)=CC1. The highest BCUT2D eigenvalue weighted by Gasteiger charge is 2.21. The van der Waals surface area contributed by atoms with Gasteiger partial charge in [0.2, 0.25) is 0 Å². The number of nitrogens with two attached hydrogens (primary N) is 1. The van der Waals surface area contributed by atoms with Gasteiger partial charge in [-0.15, -0.1) is 23.2 Å². The van der Waals surface area contributed by atoms with Gasteiger partial charge in [-0.05, 0) is 19.3 Å².